The number of amides is 1. The summed E-state index contributed by atoms with van der Waals surface area (Å²) in [6.07, 6.45) is 4.07. The van der Waals surface area contributed by atoms with Crippen LogP contribution in [0.2, 0.25) is 0 Å². The molecule has 0 bridgehead atoms. The van der Waals surface area contributed by atoms with E-state index in [4.69, 9.17) is 11.2 Å². The van der Waals surface area contributed by atoms with Gasteiger partial charge in [0.2, 0.25) is 0 Å². The molecule has 3 nitrogen and oxygen atoms in total. The summed E-state index contributed by atoms with van der Waals surface area (Å²) in [7, 11) is 0. The van der Waals surface area contributed by atoms with E-state index in [-0.39, 0.29) is 5.54 Å². The summed E-state index contributed by atoms with van der Waals surface area (Å²) in [6.45, 7) is 7.25. The van der Waals surface area contributed by atoms with Crippen molar-refractivity contribution in [3.05, 3.63) is 0 Å². The topological polar surface area (TPSA) is 38.3 Å². The SMILES string of the molecule is C#C[C@H](C)OC(=O)NC(C)(C)C. The average molecular weight is 169 g/mol. The highest BCUT2D eigenvalue weighted by molar-refractivity contribution is 5.68. The molecule has 1 atom stereocenters. The van der Waals surface area contributed by atoms with Crippen LogP contribution in [0, 0.1) is 12.3 Å². The van der Waals surface area contributed by atoms with Crippen LogP contribution in [-0.2, 0) is 4.74 Å². The molecule has 0 rings (SSSR count). The molecule has 0 radical (unpaired) electrons. The van der Waals surface area contributed by atoms with Crippen LogP contribution in [0.1, 0.15) is 27.7 Å². The van der Waals surface area contributed by atoms with E-state index in [1.807, 2.05) is 20.8 Å². The maximum Gasteiger partial charge on any atom is 0.408 e. The fourth-order valence-corrected chi connectivity index (χ4v) is 0.530. The first kappa shape index (κ1) is 10.8. The van der Waals surface area contributed by atoms with Crippen LogP contribution in [0.15, 0.2) is 0 Å². The molecule has 0 fully saturated rings. The van der Waals surface area contributed by atoms with Crippen molar-refractivity contribution in [1.29, 1.82) is 0 Å². The van der Waals surface area contributed by atoms with Crippen LogP contribution in [0.3, 0.4) is 0 Å². The van der Waals surface area contributed by atoms with Crippen molar-refractivity contribution in [3.8, 4) is 12.3 Å². The Kier molecular flexibility index (Phi) is 3.62. The number of carbonyl (C=O) groups excluding carboxylic acids is 1. The summed E-state index contributed by atoms with van der Waals surface area (Å²) >= 11 is 0. The Balaban J connectivity index is 3.85. The van der Waals surface area contributed by atoms with Crippen molar-refractivity contribution >= 4 is 6.09 Å². The zero-order valence-electron chi connectivity index (χ0n) is 7.97. The van der Waals surface area contributed by atoms with E-state index in [1.165, 1.54) is 0 Å². The van der Waals surface area contributed by atoms with Gasteiger partial charge in [-0.25, -0.2) is 4.79 Å². The van der Waals surface area contributed by atoms with Gasteiger partial charge in [0.05, 0.1) is 0 Å². The second kappa shape index (κ2) is 4.01. The standard InChI is InChI=1S/C9H15NO2/c1-6-7(2)12-8(11)10-9(3,4)5/h1,7H,2-5H3,(H,10,11)/t7-/m0/s1. The van der Waals surface area contributed by atoms with Crippen LogP contribution < -0.4 is 5.32 Å². The van der Waals surface area contributed by atoms with E-state index in [0.717, 1.165) is 0 Å². The van der Waals surface area contributed by atoms with Crippen molar-refractivity contribution in [2.75, 3.05) is 0 Å². The van der Waals surface area contributed by atoms with Gasteiger partial charge in [-0.1, -0.05) is 5.92 Å². The summed E-state index contributed by atoms with van der Waals surface area (Å²) in [5, 5.41) is 2.63. The number of alkyl carbamates (subject to hydrolysis) is 1. The third-order valence-electron chi connectivity index (χ3n) is 0.996. The molecule has 1 N–H and O–H groups in total. The summed E-state index contributed by atoms with van der Waals surface area (Å²) in [4.78, 5) is 11.0. The lowest BCUT2D eigenvalue weighted by atomic mass is 10.1. The van der Waals surface area contributed by atoms with Crippen molar-refractivity contribution in [3.63, 3.8) is 0 Å². The predicted molar refractivity (Wildman–Crippen MR) is 47.7 cm³/mol. The van der Waals surface area contributed by atoms with Gasteiger partial charge in [0.15, 0.2) is 6.10 Å². The molecule has 0 spiro atoms. The third-order valence-corrected chi connectivity index (χ3v) is 0.996. The van der Waals surface area contributed by atoms with E-state index in [9.17, 15) is 4.79 Å². The van der Waals surface area contributed by atoms with Gasteiger partial charge in [-0.15, -0.1) is 6.42 Å². The van der Waals surface area contributed by atoms with E-state index in [0.29, 0.717) is 0 Å². The Bertz CT molecular complexity index is 198. The van der Waals surface area contributed by atoms with E-state index < -0.39 is 12.2 Å². The number of rotatable bonds is 1. The molecule has 0 aliphatic carbocycles. The number of hydrogen-bond donors (Lipinski definition) is 1. The number of carbonyl (C=O) groups is 1. The number of nitrogens with one attached hydrogen (secondary N) is 1. The summed E-state index contributed by atoms with van der Waals surface area (Å²) < 4.78 is 4.79. The maximum atomic E-state index is 11.0. The minimum Gasteiger partial charge on any atom is -0.433 e. The molecule has 3 heteroatoms. The summed E-state index contributed by atoms with van der Waals surface area (Å²) in [6, 6.07) is 0. The van der Waals surface area contributed by atoms with Crippen LogP contribution in [0.4, 0.5) is 4.79 Å². The molecule has 0 aliphatic rings. The highest BCUT2D eigenvalue weighted by Gasteiger charge is 2.15. The molecule has 0 saturated carbocycles. The minimum atomic E-state index is -0.479. The first-order chi connectivity index (χ1) is 5.35. The first-order valence-electron chi connectivity index (χ1n) is 3.80. The fourth-order valence-electron chi connectivity index (χ4n) is 0.530. The van der Waals surface area contributed by atoms with Gasteiger partial charge in [0.1, 0.15) is 0 Å². The van der Waals surface area contributed by atoms with Crippen LogP contribution in [-0.4, -0.2) is 17.7 Å². The monoisotopic (exact) mass is 169 g/mol. The zero-order valence-corrected chi connectivity index (χ0v) is 7.97. The fraction of sp³-hybridized carbons (Fsp3) is 0.667. The quantitative estimate of drug-likeness (QED) is 0.604. The van der Waals surface area contributed by atoms with Gasteiger partial charge >= 0.3 is 6.09 Å². The molecule has 0 heterocycles. The van der Waals surface area contributed by atoms with Gasteiger partial charge in [-0.05, 0) is 27.7 Å². The average Bonchev–Trinajstić information content (AvgIpc) is 1.82. The molecule has 1 amide bonds. The predicted octanol–water partition coefficient (Wildman–Crippen LogP) is 1.53. The number of hydrogen-bond acceptors (Lipinski definition) is 2. The molecule has 0 saturated heterocycles. The van der Waals surface area contributed by atoms with Crippen LogP contribution in [0.5, 0.6) is 0 Å². The molecule has 12 heavy (non-hydrogen) atoms. The second-order valence-corrected chi connectivity index (χ2v) is 3.59. The summed E-state index contributed by atoms with van der Waals surface area (Å²) in [5.74, 6) is 2.30. The first-order valence-corrected chi connectivity index (χ1v) is 3.80. The lowest BCUT2D eigenvalue weighted by Gasteiger charge is -2.20. The van der Waals surface area contributed by atoms with Gasteiger partial charge in [0, 0.05) is 5.54 Å². The van der Waals surface area contributed by atoms with Crippen LogP contribution >= 0.6 is 0 Å². The van der Waals surface area contributed by atoms with E-state index >= 15 is 0 Å². The number of terminal acetylenes is 1. The lowest BCUT2D eigenvalue weighted by Crippen LogP contribution is -2.41. The second-order valence-electron chi connectivity index (χ2n) is 3.59. The maximum absolute atomic E-state index is 11.0. The molecule has 0 unspecified atom stereocenters. The van der Waals surface area contributed by atoms with Gasteiger partial charge in [0.25, 0.3) is 0 Å². The Morgan fingerprint density at radius 2 is 2.08 bits per heavy atom. The van der Waals surface area contributed by atoms with Crippen molar-refractivity contribution in [1.82, 2.24) is 5.32 Å². The summed E-state index contributed by atoms with van der Waals surface area (Å²) in [5.41, 5.74) is -0.286. The molecule has 0 aromatic heterocycles. The molecule has 0 aromatic rings. The van der Waals surface area contributed by atoms with Crippen LogP contribution in [0.25, 0.3) is 0 Å². The van der Waals surface area contributed by atoms with Crippen molar-refractivity contribution in [2.45, 2.75) is 39.3 Å². The smallest absolute Gasteiger partial charge is 0.408 e. The molecule has 0 aliphatic heterocycles. The Morgan fingerprint density at radius 3 is 2.42 bits per heavy atom. The van der Waals surface area contributed by atoms with Gasteiger partial charge in [-0.3, -0.25) is 0 Å². The van der Waals surface area contributed by atoms with E-state index in [1.54, 1.807) is 6.92 Å². The molecular formula is C9H15NO2. The highest BCUT2D eigenvalue weighted by atomic mass is 16.6. The van der Waals surface area contributed by atoms with Crippen molar-refractivity contribution < 1.29 is 9.53 Å². The van der Waals surface area contributed by atoms with E-state index in [2.05, 4.69) is 11.2 Å². The van der Waals surface area contributed by atoms with Gasteiger partial charge in [-0.2, -0.15) is 0 Å². The van der Waals surface area contributed by atoms with Crippen molar-refractivity contribution in [2.24, 2.45) is 0 Å². The Labute approximate surface area is 73.5 Å². The normalized spacial score (nSPS) is 12.9. The highest BCUT2D eigenvalue weighted by Crippen LogP contribution is 2.00. The molecule has 68 valence electrons. The lowest BCUT2D eigenvalue weighted by molar-refractivity contribution is 0.122. The Morgan fingerprint density at radius 1 is 1.58 bits per heavy atom. The molecular weight excluding hydrogens is 154 g/mol. The largest absolute Gasteiger partial charge is 0.433 e. The Hall–Kier alpha value is -1.17. The zero-order chi connectivity index (χ0) is 9.78. The van der Waals surface area contributed by atoms with Gasteiger partial charge < -0.3 is 10.1 Å². The molecule has 0 aromatic carbocycles. The minimum absolute atomic E-state index is 0.286. The third kappa shape index (κ3) is 5.60. The number of ether oxygens (including phenoxy) is 1.